The molecule has 2 aromatic carbocycles. The minimum atomic E-state index is -0.0498. The summed E-state index contributed by atoms with van der Waals surface area (Å²) < 4.78 is 6.19. The van der Waals surface area contributed by atoms with E-state index >= 15 is 0 Å². The Morgan fingerprint density at radius 2 is 1.82 bits per heavy atom. The van der Waals surface area contributed by atoms with Crippen molar-refractivity contribution in [2.45, 2.75) is 38.3 Å². The number of carbonyl (C=O) groups is 2. The predicted molar refractivity (Wildman–Crippen MR) is 127 cm³/mol. The van der Waals surface area contributed by atoms with Crippen molar-refractivity contribution in [1.29, 1.82) is 0 Å². The monoisotopic (exact) mass is 443 g/mol. The van der Waals surface area contributed by atoms with E-state index in [9.17, 15) is 9.59 Å². The number of piperidine rings is 1. The average molecular weight is 444 g/mol. The van der Waals surface area contributed by atoms with Crippen LogP contribution in [0.5, 0.6) is 5.75 Å². The van der Waals surface area contributed by atoms with Gasteiger partial charge in [-0.1, -0.05) is 24.3 Å². The van der Waals surface area contributed by atoms with Gasteiger partial charge in [0.25, 0.3) is 5.91 Å². The molecule has 5 rings (SSSR count). The molecule has 2 heterocycles. The van der Waals surface area contributed by atoms with Crippen molar-refractivity contribution < 1.29 is 14.3 Å². The van der Waals surface area contributed by atoms with Gasteiger partial charge in [0.05, 0.1) is 5.52 Å². The molecule has 2 amide bonds. The molecule has 0 unspecified atom stereocenters. The smallest absolute Gasteiger partial charge is 0.254 e. The maximum absolute atomic E-state index is 13.1. The largest absolute Gasteiger partial charge is 0.490 e. The summed E-state index contributed by atoms with van der Waals surface area (Å²) >= 11 is 0. The molecule has 170 valence electrons. The summed E-state index contributed by atoms with van der Waals surface area (Å²) in [5, 5.41) is 1.06. The van der Waals surface area contributed by atoms with Crippen LogP contribution in [0.4, 0.5) is 0 Å². The van der Waals surface area contributed by atoms with E-state index in [1.54, 1.807) is 11.1 Å². The summed E-state index contributed by atoms with van der Waals surface area (Å²) in [6.07, 6.45) is 5.59. The topological polar surface area (TPSA) is 62.7 Å². The van der Waals surface area contributed by atoms with Crippen molar-refractivity contribution in [3.8, 4) is 5.75 Å². The van der Waals surface area contributed by atoms with Gasteiger partial charge in [-0.05, 0) is 48.7 Å². The van der Waals surface area contributed by atoms with E-state index in [0.717, 1.165) is 55.2 Å². The van der Waals surface area contributed by atoms with E-state index < -0.39 is 0 Å². The van der Waals surface area contributed by atoms with Crippen LogP contribution in [0, 0.1) is 5.92 Å². The minimum absolute atomic E-state index is 0.0498. The molecule has 0 bridgehead atoms. The molecule has 1 saturated carbocycles. The first kappa shape index (κ1) is 21.4. The molecular weight excluding hydrogens is 414 g/mol. The number of rotatable bonds is 6. The molecule has 2 aliphatic rings. The molecule has 3 aromatic rings. The number of amides is 2. The number of hydrogen-bond donors (Lipinski definition) is 0. The Morgan fingerprint density at radius 3 is 2.61 bits per heavy atom. The summed E-state index contributed by atoms with van der Waals surface area (Å²) in [5.74, 6) is 1.24. The predicted octanol–water partition coefficient (Wildman–Crippen LogP) is 4.29. The lowest BCUT2D eigenvalue weighted by atomic mass is 10.1. The van der Waals surface area contributed by atoms with Gasteiger partial charge in [-0.15, -0.1) is 0 Å². The van der Waals surface area contributed by atoms with Gasteiger partial charge in [-0.2, -0.15) is 0 Å². The van der Waals surface area contributed by atoms with Crippen molar-refractivity contribution in [1.82, 2.24) is 14.8 Å². The van der Waals surface area contributed by atoms with Crippen LogP contribution >= 0.6 is 0 Å². The van der Waals surface area contributed by atoms with E-state index in [4.69, 9.17) is 4.74 Å². The molecule has 6 nitrogen and oxygen atoms in total. The molecule has 2 fully saturated rings. The number of aromatic nitrogens is 1. The summed E-state index contributed by atoms with van der Waals surface area (Å²) in [4.78, 5) is 33.5. The van der Waals surface area contributed by atoms with Gasteiger partial charge in [-0.3, -0.25) is 14.6 Å². The maximum Gasteiger partial charge on any atom is 0.254 e. The Bertz CT molecular complexity index is 1160. The minimum Gasteiger partial charge on any atom is -0.490 e. The normalized spacial score (nSPS) is 16.6. The van der Waals surface area contributed by atoms with Crippen LogP contribution in [0.15, 0.2) is 60.8 Å². The third kappa shape index (κ3) is 4.85. The fourth-order valence-corrected chi connectivity index (χ4v) is 4.53. The first-order valence-corrected chi connectivity index (χ1v) is 11.7. The van der Waals surface area contributed by atoms with Crippen LogP contribution in [-0.2, 0) is 11.3 Å². The Morgan fingerprint density at radius 1 is 1.03 bits per heavy atom. The number of hydrogen-bond acceptors (Lipinski definition) is 4. The van der Waals surface area contributed by atoms with Crippen LogP contribution in [-0.4, -0.2) is 52.8 Å². The molecule has 0 atom stereocenters. The first-order valence-electron chi connectivity index (χ1n) is 11.7. The number of likely N-dealkylation sites (tertiary alicyclic amines) is 1. The average Bonchev–Trinajstić information content (AvgIpc) is 3.70. The van der Waals surface area contributed by atoms with Crippen molar-refractivity contribution >= 4 is 22.7 Å². The zero-order valence-corrected chi connectivity index (χ0v) is 18.9. The Balaban J connectivity index is 1.21. The van der Waals surface area contributed by atoms with Gasteiger partial charge in [0.2, 0.25) is 5.91 Å². The number of benzene rings is 2. The van der Waals surface area contributed by atoms with Crippen molar-refractivity contribution in [3.63, 3.8) is 0 Å². The standard InChI is InChI=1S/C27H29N3O3/c1-29(18-21-6-3-9-25-24(21)8-4-14-28-25)26(31)20-5-2-7-23(17-20)33-22-12-15-30(16-13-22)27(32)19-10-11-19/h2-9,14,17,19,22H,10-13,15-16,18H2,1H3. The van der Waals surface area contributed by atoms with Crippen molar-refractivity contribution in [3.05, 3.63) is 71.9 Å². The molecule has 0 N–H and O–H groups in total. The van der Waals surface area contributed by atoms with Crippen molar-refractivity contribution in [2.24, 2.45) is 5.92 Å². The summed E-state index contributed by atoms with van der Waals surface area (Å²) in [6, 6.07) is 17.4. The molecule has 1 aliphatic heterocycles. The van der Waals surface area contributed by atoms with Gasteiger partial charge in [0, 0.05) is 62.6 Å². The second-order valence-corrected chi connectivity index (χ2v) is 9.09. The number of pyridine rings is 1. The lowest BCUT2D eigenvalue weighted by Crippen LogP contribution is -2.42. The molecule has 0 spiro atoms. The Kier molecular flexibility index (Phi) is 5.99. The highest BCUT2D eigenvalue weighted by Gasteiger charge is 2.35. The van der Waals surface area contributed by atoms with Crippen molar-refractivity contribution in [2.75, 3.05) is 20.1 Å². The van der Waals surface area contributed by atoms with Gasteiger partial charge in [0.15, 0.2) is 0 Å². The highest BCUT2D eigenvalue weighted by atomic mass is 16.5. The number of ether oxygens (including phenoxy) is 1. The highest BCUT2D eigenvalue weighted by Crippen LogP contribution is 2.32. The summed E-state index contributed by atoms with van der Waals surface area (Å²) in [6.45, 7) is 2.00. The maximum atomic E-state index is 13.1. The summed E-state index contributed by atoms with van der Waals surface area (Å²) in [7, 11) is 1.82. The molecule has 6 heteroatoms. The molecule has 1 saturated heterocycles. The molecule has 1 aliphatic carbocycles. The molecule has 33 heavy (non-hydrogen) atoms. The van der Waals surface area contributed by atoms with Gasteiger partial charge in [0.1, 0.15) is 11.9 Å². The van der Waals surface area contributed by atoms with E-state index in [2.05, 4.69) is 4.98 Å². The quantitative estimate of drug-likeness (QED) is 0.570. The highest BCUT2D eigenvalue weighted by molar-refractivity contribution is 5.94. The molecule has 1 aromatic heterocycles. The second kappa shape index (κ2) is 9.22. The first-order chi connectivity index (χ1) is 16.1. The number of carbonyl (C=O) groups excluding carboxylic acids is 2. The number of fused-ring (bicyclic) bond motifs is 1. The second-order valence-electron chi connectivity index (χ2n) is 9.09. The van der Waals surface area contributed by atoms with E-state index in [1.165, 1.54) is 0 Å². The van der Waals surface area contributed by atoms with E-state index in [0.29, 0.717) is 23.8 Å². The van der Waals surface area contributed by atoms with Gasteiger partial charge in [-0.25, -0.2) is 0 Å². The van der Waals surface area contributed by atoms with Crippen LogP contribution in [0.25, 0.3) is 10.9 Å². The van der Waals surface area contributed by atoms with Gasteiger partial charge >= 0.3 is 0 Å². The fraction of sp³-hybridized carbons (Fsp3) is 0.370. The third-order valence-corrected chi connectivity index (χ3v) is 6.55. The zero-order chi connectivity index (χ0) is 22.8. The Hall–Kier alpha value is -3.41. The lowest BCUT2D eigenvalue weighted by Gasteiger charge is -2.32. The van der Waals surface area contributed by atoms with Gasteiger partial charge < -0.3 is 14.5 Å². The van der Waals surface area contributed by atoms with E-state index in [-0.39, 0.29) is 17.9 Å². The lowest BCUT2D eigenvalue weighted by molar-refractivity contribution is -0.134. The molecule has 0 radical (unpaired) electrons. The van der Waals surface area contributed by atoms with E-state index in [1.807, 2.05) is 66.5 Å². The summed E-state index contributed by atoms with van der Waals surface area (Å²) in [5.41, 5.74) is 2.60. The third-order valence-electron chi connectivity index (χ3n) is 6.55. The van der Waals surface area contributed by atoms with Crippen LogP contribution in [0.1, 0.15) is 41.6 Å². The van der Waals surface area contributed by atoms with Crippen LogP contribution < -0.4 is 4.74 Å². The van der Waals surface area contributed by atoms with Crippen LogP contribution in [0.2, 0.25) is 0 Å². The molecular formula is C27H29N3O3. The zero-order valence-electron chi connectivity index (χ0n) is 18.9. The number of nitrogens with zero attached hydrogens (tertiary/aromatic N) is 3. The fourth-order valence-electron chi connectivity index (χ4n) is 4.53. The van der Waals surface area contributed by atoms with Crippen LogP contribution in [0.3, 0.4) is 0 Å². The Labute approximate surface area is 194 Å². The SMILES string of the molecule is CN(Cc1cccc2ncccc12)C(=O)c1cccc(OC2CCN(C(=O)C3CC3)CC2)c1.